The minimum Gasteiger partial charge on any atom is -0.344 e. The predicted molar refractivity (Wildman–Crippen MR) is 68.5 cm³/mol. The van der Waals surface area contributed by atoms with Gasteiger partial charge in [-0.2, -0.15) is 0 Å². The van der Waals surface area contributed by atoms with Gasteiger partial charge in [-0.15, -0.1) is 0 Å². The summed E-state index contributed by atoms with van der Waals surface area (Å²) in [5, 5.41) is 2.70. The third kappa shape index (κ3) is 4.51. The number of hydrogen-bond donors (Lipinski definition) is 1. The Balaban J connectivity index is 4.29. The molecule has 2 amide bonds. The molecule has 94 valence electrons. The van der Waals surface area contributed by atoms with Crippen molar-refractivity contribution < 1.29 is 9.59 Å². The molecule has 4 nitrogen and oxygen atoms in total. The van der Waals surface area contributed by atoms with Crippen LogP contribution in [-0.2, 0) is 9.59 Å². The van der Waals surface area contributed by atoms with Crippen molar-refractivity contribution >= 4 is 27.7 Å². The van der Waals surface area contributed by atoms with Crippen molar-refractivity contribution in [1.29, 1.82) is 0 Å². The molecule has 2 unspecified atom stereocenters. The zero-order valence-corrected chi connectivity index (χ0v) is 12.2. The van der Waals surface area contributed by atoms with Crippen LogP contribution < -0.4 is 5.32 Å². The van der Waals surface area contributed by atoms with Gasteiger partial charge in [0.1, 0.15) is 6.04 Å². The number of carbonyl (C=O) groups is 2. The van der Waals surface area contributed by atoms with E-state index in [0.717, 1.165) is 0 Å². The van der Waals surface area contributed by atoms with E-state index < -0.39 is 6.04 Å². The van der Waals surface area contributed by atoms with Crippen molar-refractivity contribution in [2.75, 3.05) is 13.6 Å². The predicted octanol–water partition coefficient (Wildman–Crippen LogP) is 1.39. The first-order chi connectivity index (χ1) is 7.31. The zero-order valence-electron chi connectivity index (χ0n) is 10.6. The summed E-state index contributed by atoms with van der Waals surface area (Å²) in [5.41, 5.74) is 0. The molecule has 0 fully saturated rings. The first-order valence-corrected chi connectivity index (χ1v) is 6.42. The van der Waals surface area contributed by atoms with Crippen molar-refractivity contribution in [1.82, 2.24) is 10.2 Å². The second-order valence-electron chi connectivity index (χ2n) is 4.23. The normalized spacial score (nSPS) is 14.4. The molecule has 0 aromatic carbocycles. The van der Waals surface area contributed by atoms with Crippen molar-refractivity contribution in [2.45, 2.75) is 38.6 Å². The Morgan fingerprint density at radius 3 is 2.19 bits per heavy atom. The molecule has 0 saturated carbocycles. The Labute approximate surface area is 106 Å². The SMILES string of the molecule is CCN(C)C(=O)C(C)NC(=O)C(Br)C(C)C. The van der Waals surface area contributed by atoms with Gasteiger partial charge < -0.3 is 10.2 Å². The highest BCUT2D eigenvalue weighted by Gasteiger charge is 2.23. The van der Waals surface area contributed by atoms with Crippen LogP contribution in [-0.4, -0.2) is 41.2 Å². The van der Waals surface area contributed by atoms with Gasteiger partial charge in [-0.25, -0.2) is 0 Å². The summed E-state index contributed by atoms with van der Waals surface area (Å²) in [6.07, 6.45) is 0. The van der Waals surface area contributed by atoms with E-state index >= 15 is 0 Å². The summed E-state index contributed by atoms with van der Waals surface area (Å²) in [4.78, 5) is 24.7. The van der Waals surface area contributed by atoms with Gasteiger partial charge in [0.2, 0.25) is 11.8 Å². The summed E-state index contributed by atoms with van der Waals surface area (Å²) in [6.45, 7) is 8.13. The zero-order chi connectivity index (χ0) is 12.9. The van der Waals surface area contributed by atoms with Gasteiger partial charge in [0.15, 0.2) is 0 Å². The Hall–Kier alpha value is -0.580. The highest BCUT2D eigenvalue weighted by molar-refractivity contribution is 9.10. The smallest absolute Gasteiger partial charge is 0.244 e. The van der Waals surface area contributed by atoms with Crippen LogP contribution in [0, 0.1) is 5.92 Å². The quantitative estimate of drug-likeness (QED) is 0.779. The fourth-order valence-electron chi connectivity index (χ4n) is 1.14. The van der Waals surface area contributed by atoms with Crippen molar-refractivity contribution in [3.05, 3.63) is 0 Å². The minimum atomic E-state index is -0.476. The van der Waals surface area contributed by atoms with E-state index in [-0.39, 0.29) is 22.6 Å². The molecule has 2 atom stereocenters. The van der Waals surface area contributed by atoms with E-state index in [1.807, 2.05) is 20.8 Å². The number of nitrogens with zero attached hydrogens (tertiary/aromatic N) is 1. The maximum absolute atomic E-state index is 11.7. The van der Waals surface area contributed by atoms with Crippen LogP contribution in [0.3, 0.4) is 0 Å². The average Bonchev–Trinajstić information content (AvgIpc) is 2.25. The molecule has 0 aliphatic carbocycles. The van der Waals surface area contributed by atoms with Crippen molar-refractivity contribution in [3.63, 3.8) is 0 Å². The second-order valence-corrected chi connectivity index (χ2v) is 5.21. The maximum atomic E-state index is 11.7. The summed E-state index contributed by atoms with van der Waals surface area (Å²) >= 11 is 3.30. The first-order valence-electron chi connectivity index (χ1n) is 5.50. The lowest BCUT2D eigenvalue weighted by Crippen LogP contribution is -2.48. The number of rotatable bonds is 5. The summed E-state index contributed by atoms with van der Waals surface area (Å²) < 4.78 is 0. The van der Waals surface area contributed by atoms with E-state index in [1.165, 1.54) is 0 Å². The molecule has 0 radical (unpaired) electrons. The first kappa shape index (κ1) is 15.4. The number of halogens is 1. The van der Waals surface area contributed by atoms with Crippen LogP contribution in [0.25, 0.3) is 0 Å². The Morgan fingerprint density at radius 2 is 1.81 bits per heavy atom. The summed E-state index contributed by atoms with van der Waals surface area (Å²) in [6, 6.07) is -0.476. The highest BCUT2D eigenvalue weighted by Crippen LogP contribution is 2.12. The lowest BCUT2D eigenvalue weighted by atomic mass is 10.1. The molecule has 0 aliphatic heterocycles. The molecule has 0 rings (SSSR count). The number of likely N-dealkylation sites (N-methyl/N-ethyl adjacent to an activating group) is 1. The molecule has 1 N–H and O–H groups in total. The van der Waals surface area contributed by atoms with Gasteiger partial charge in [-0.1, -0.05) is 29.8 Å². The fourth-order valence-corrected chi connectivity index (χ4v) is 1.28. The van der Waals surface area contributed by atoms with Crippen LogP contribution in [0.2, 0.25) is 0 Å². The van der Waals surface area contributed by atoms with Gasteiger partial charge in [0.25, 0.3) is 0 Å². The Bertz CT molecular complexity index is 256. The van der Waals surface area contributed by atoms with Crippen molar-refractivity contribution in [2.24, 2.45) is 5.92 Å². The van der Waals surface area contributed by atoms with E-state index in [2.05, 4.69) is 21.2 Å². The highest BCUT2D eigenvalue weighted by atomic mass is 79.9. The van der Waals surface area contributed by atoms with Crippen LogP contribution in [0.4, 0.5) is 0 Å². The van der Waals surface area contributed by atoms with Gasteiger partial charge in [0, 0.05) is 13.6 Å². The summed E-state index contributed by atoms with van der Waals surface area (Å²) in [5.74, 6) is -0.00846. The molecule has 5 heteroatoms. The molecule has 0 heterocycles. The van der Waals surface area contributed by atoms with E-state index in [0.29, 0.717) is 6.54 Å². The Kier molecular flexibility index (Phi) is 6.64. The molecule has 0 aromatic heterocycles. The number of alkyl halides is 1. The molecular formula is C11H21BrN2O2. The Morgan fingerprint density at radius 1 is 1.31 bits per heavy atom. The van der Waals surface area contributed by atoms with Crippen LogP contribution >= 0.6 is 15.9 Å². The third-order valence-corrected chi connectivity index (χ3v) is 3.89. The molecule has 0 spiro atoms. The molecule has 16 heavy (non-hydrogen) atoms. The number of nitrogens with one attached hydrogen (secondary N) is 1. The number of carbonyl (C=O) groups excluding carboxylic acids is 2. The van der Waals surface area contributed by atoms with Crippen LogP contribution in [0.15, 0.2) is 0 Å². The number of hydrogen-bond acceptors (Lipinski definition) is 2. The average molecular weight is 293 g/mol. The van der Waals surface area contributed by atoms with Gasteiger partial charge in [-0.05, 0) is 19.8 Å². The fraction of sp³-hybridized carbons (Fsp3) is 0.818. The topological polar surface area (TPSA) is 49.4 Å². The second kappa shape index (κ2) is 6.89. The van der Waals surface area contributed by atoms with Gasteiger partial charge >= 0.3 is 0 Å². The van der Waals surface area contributed by atoms with E-state index in [1.54, 1.807) is 18.9 Å². The third-order valence-electron chi connectivity index (χ3n) is 2.42. The van der Waals surface area contributed by atoms with E-state index in [9.17, 15) is 9.59 Å². The number of amides is 2. The molecule has 0 bridgehead atoms. The summed E-state index contributed by atoms with van der Waals surface area (Å²) in [7, 11) is 1.72. The standard InChI is InChI=1S/C11H21BrN2O2/c1-6-14(5)11(16)8(4)13-10(15)9(12)7(2)3/h7-9H,6H2,1-5H3,(H,13,15). The van der Waals surface area contributed by atoms with Crippen LogP contribution in [0.1, 0.15) is 27.7 Å². The van der Waals surface area contributed by atoms with Crippen LogP contribution in [0.5, 0.6) is 0 Å². The lowest BCUT2D eigenvalue weighted by molar-refractivity contribution is -0.134. The molecule has 0 aromatic rings. The van der Waals surface area contributed by atoms with Gasteiger partial charge in [0.05, 0.1) is 4.83 Å². The monoisotopic (exact) mass is 292 g/mol. The van der Waals surface area contributed by atoms with Gasteiger partial charge in [-0.3, -0.25) is 9.59 Å². The maximum Gasteiger partial charge on any atom is 0.244 e. The van der Waals surface area contributed by atoms with E-state index in [4.69, 9.17) is 0 Å². The van der Waals surface area contributed by atoms with Crippen molar-refractivity contribution in [3.8, 4) is 0 Å². The molecule has 0 saturated heterocycles. The molecule has 0 aliphatic rings. The largest absolute Gasteiger partial charge is 0.344 e. The minimum absolute atomic E-state index is 0.0701. The molecular weight excluding hydrogens is 272 g/mol. The lowest BCUT2D eigenvalue weighted by Gasteiger charge is -2.22.